The fraction of sp³-hybridized carbons (Fsp3) is 0.0714. The molecule has 2 rings (SSSR count). The van der Waals surface area contributed by atoms with E-state index in [4.69, 9.17) is 5.73 Å². The average molecular weight is 385 g/mol. The van der Waals surface area contributed by atoms with E-state index in [9.17, 15) is 29.0 Å². The van der Waals surface area contributed by atoms with E-state index in [0.717, 1.165) is 6.07 Å². The van der Waals surface area contributed by atoms with E-state index in [2.05, 4.69) is 15.9 Å². The zero-order valence-corrected chi connectivity index (χ0v) is 13.0. The van der Waals surface area contributed by atoms with Gasteiger partial charge in [0.1, 0.15) is 22.8 Å². The molecule has 0 spiro atoms. The van der Waals surface area contributed by atoms with E-state index in [1.807, 2.05) is 4.98 Å². The number of carboxylic acids is 2. The Morgan fingerprint density at radius 3 is 2.35 bits per heavy atom. The third kappa shape index (κ3) is 2.95. The Labute approximate surface area is 136 Å². The van der Waals surface area contributed by atoms with Crippen molar-refractivity contribution in [1.82, 2.24) is 4.98 Å². The van der Waals surface area contributed by atoms with Crippen molar-refractivity contribution in [3.8, 4) is 11.1 Å². The number of hydrogen-bond donors (Lipinski definition) is 4. The van der Waals surface area contributed by atoms with E-state index in [1.54, 1.807) is 0 Å². The van der Waals surface area contributed by atoms with Crippen LogP contribution in [0.5, 0.6) is 0 Å². The first kappa shape index (κ1) is 16.7. The van der Waals surface area contributed by atoms with E-state index < -0.39 is 40.3 Å². The van der Waals surface area contributed by atoms with E-state index >= 15 is 0 Å². The number of aromatic nitrogens is 1. The second-order valence-corrected chi connectivity index (χ2v) is 5.10. The number of carboxylic acid groups (broad SMARTS) is 2. The molecule has 0 atom stereocenters. The number of pyridine rings is 1. The van der Waals surface area contributed by atoms with Gasteiger partial charge in [-0.3, -0.25) is 4.79 Å². The standard InChI is InChI=1S/C14H10BrFN2O5/c15-4-6-3-5(1-2-7(6)16)8-9(13(20)21)11(17)18-12(19)10(8)14(22)23/h1-3H,4H2,(H,20,21)(H,22,23)(H3,17,18,19). The van der Waals surface area contributed by atoms with Crippen LogP contribution in [0.25, 0.3) is 11.1 Å². The van der Waals surface area contributed by atoms with Crippen molar-refractivity contribution >= 4 is 33.7 Å². The highest BCUT2D eigenvalue weighted by atomic mass is 79.9. The Kier molecular flexibility index (Phi) is 4.50. The number of nitrogens with one attached hydrogen (secondary N) is 1. The molecule has 1 heterocycles. The molecule has 0 aliphatic rings. The quantitative estimate of drug-likeness (QED) is 0.596. The Hall–Kier alpha value is -2.68. The van der Waals surface area contributed by atoms with Crippen LogP contribution in [0, 0.1) is 5.82 Å². The van der Waals surface area contributed by atoms with Crippen molar-refractivity contribution in [1.29, 1.82) is 0 Å². The van der Waals surface area contributed by atoms with Crippen molar-refractivity contribution in [3.05, 3.63) is 51.1 Å². The van der Waals surface area contributed by atoms with Crippen LogP contribution < -0.4 is 11.3 Å². The highest BCUT2D eigenvalue weighted by Gasteiger charge is 2.26. The highest BCUT2D eigenvalue weighted by Crippen LogP contribution is 2.30. The van der Waals surface area contributed by atoms with Gasteiger partial charge in [-0.05, 0) is 23.3 Å². The molecule has 0 amide bonds. The summed E-state index contributed by atoms with van der Waals surface area (Å²) >= 11 is 3.07. The lowest BCUT2D eigenvalue weighted by Crippen LogP contribution is -2.24. The molecule has 2 aromatic rings. The van der Waals surface area contributed by atoms with Crippen LogP contribution in [-0.4, -0.2) is 27.1 Å². The molecule has 1 aromatic heterocycles. The zero-order chi connectivity index (χ0) is 17.3. The minimum Gasteiger partial charge on any atom is -0.478 e. The number of halogens is 2. The van der Waals surface area contributed by atoms with Crippen molar-refractivity contribution in [2.75, 3.05) is 5.73 Å². The molecule has 0 unspecified atom stereocenters. The normalized spacial score (nSPS) is 10.5. The molecule has 5 N–H and O–H groups in total. The van der Waals surface area contributed by atoms with Crippen LogP contribution in [0.15, 0.2) is 23.0 Å². The lowest BCUT2D eigenvalue weighted by molar-refractivity contribution is 0.0695. The number of carbonyl (C=O) groups is 2. The summed E-state index contributed by atoms with van der Waals surface area (Å²) in [5.41, 5.74) is 3.01. The number of nitrogens with two attached hydrogens (primary N) is 1. The molecule has 0 aliphatic carbocycles. The topological polar surface area (TPSA) is 133 Å². The second kappa shape index (κ2) is 6.21. The Bertz CT molecular complexity index is 878. The number of aromatic amines is 1. The maximum absolute atomic E-state index is 13.6. The smallest absolute Gasteiger partial charge is 0.342 e. The van der Waals surface area contributed by atoms with Crippen LogP contribution in [0.4, 0.5) is 10.2 Å². The summed E-state index contributed by atoms with van der Waals surface area (Å²) in [6.07, 6.45) is 0. The number of hydrogen-bond acceptors (Lipinski definition) is 4. The SMILES string of the molecule is Nc1[nH]c(=O)c(C(=O)O)c(-c2ccc(F)c(CBr)c2)c1C(=O)O. The first-order valence-corrected chi connectivity index (χ1v) is 7.27. The largest absolute Gasteiger partial charge is 0.478 e. The Morgan fingerprint density at radius 2 is 1.83 bits per heavy atom. The second-order valence-electron chi connectivity index (χ2n) is 4.54. The first-order chi connectivity index (χ1) is 10.8. The van der Waals surface area contributed by atoms with Crippen LogP contribution in [-0.2, 0) is 5.33 Å². The predicted octanol–water partition coefficient (Wildman–Crippen LogP) is 2.05. The van der Waals surface area contributed by atoms with Crippen LogP contribution in [0.3, 0.4) is 0 Å². The molecule has 1 aromatic carbocycles. The number of aromatic carboxylic acids is 2. The Morgan fingerprint density at radius 1 is 1.22 bits per heavy atom. The van der Waals surface area contributed by atoms with Gasteiger partial charge in [-0.15, -0.1) is 0 Å². The van der Waals surface area contributed by atoms with Gasteiger partial charge in [0.2, 0.25) is 0 Å². The molecule has 0 fully saturated rings. The molecule has 0 saturated heterocycles. The van der Waals surface area contributed by atoms with Gasteiger partial charge in [0.15, 0.2) is 0 Å². The van der Waals surface area contributed by atoms with Crippen LogP contribution in [0.2, 0.25) is 0 Å². The molecule has 9 heteroatoms. The third-order valence-electron chi connectivity index (χ3n) is 3.15. The van der Waals surface area contributed by atoms with Gasteiger partial charge < -0.3 is 20.9 Å². The molecule has 0 radical (unpaired) electrons. The maximum atomic E-state index is 13.6. The monoisotopic (exact) mass is 384 g/mol. The van der Waals surface area contributed by atoms with Crippen molar-refractivity contribution < 1.29 is 24.2 Å². The van der Waals surface area contributed by atoms with Gasteiger partial charge in [0, 0.05) is 10.9 Å². The lowest BCUT2D eigenvalue weighted by Gasteiger charge is -2.13. The van der Waals surface area contributed by atoms with Gasteiger partial charge in [0.25, 0.3) is 5.56 Å². The van der Waals surface area contributed by atoms with Gasteiger partial charge >= 0.3 is 11.9 Å². The minimum atomic E-state index is -1.62. The number of benzene rings is 1. The molecule has 0 bridgehead atoms. The molecule has 23 heavy (non-hydrogen) atoms. The van der Waals surface area contributed by atoms with Crippen molar-refractivity contribution in [2.24, 2.45) is 0 Å². The summed E-state index contributed by atoms with van der Waals surface area (Å²) in [7, 11) is 0. The number of alkyl halides is 1. The van der Waals surface area contributed by atoms with Gasteiger partial charge in [-0.2, -0.15) is 0 Å². The summed E-state index contributed by atoms with van der Waals surface area (Å²) in [6, 6.07) is 3.51. The van der Waals surface area contributed by atoms with E-state index in [-0.39, 0.29) is 22.0 Å². The number of nitrogen functional groups attached to an aromatic ring is 1. The lowest BCUT2D eigenvalue weighted by atomic mass is 9.94. The van der Waals surface area contributed by atoms with Gasteiger partial charge in [-0.25, -0.2) is 14.0 Å². The maximum Gasteiger partial charge on any atom is 0.342 e. The number of H-pyrrole nitrogens is 1. The van der Waals surface area contributed by atoms with Gasteiger partial charge in [-0.1, -0.05) is 22.0 Å². The van der Waals surface area contributed by atoms with Gasteiger partial charge in [0.05, 0.1) is 0 Å². The summed E-state index contributed by atoms with van der Waals surface area (Å²) in [6.45, 7) is 0. The fourth-order valence-corrected chi connectivity index (χ4v) is 2.60. The minimum absolute atomic E-state index is 0.0634. The van der Waals surface area contributed by atoms with Crippen LogP contribution >= 0.6 is 15.9 Å². The third-order valence-corrected chi connectivity index (χ3v) is 3.75. The average Bonchev–Trinajstić information content (AvgIpc) is 2.45. The first-order valence-electron chi connectivity index (χ1n) is 6.15. The van der Waals surface area contributed by atoms with Crippen molar-refractivity contribution in [2.45, 2.75) is 5.33 Å². The summed E-state index contributed by atoms with van der Waals surface area (Å²) in [5.74, 6) is -4.17. The van der Waals surface area contributed by atoms with E-state index in [1.165, 1.54) is 12.1 Å². The Balaban J connectivity index is 2.96. The number of anilines is 1. The summed E-state index contributed by atoms with van der Waals surface area (Å²) in [4.78, 5) is 36.7. The highest BCUT2D eigenvalue weighted by molar-refractivity contribution is 9.08. The molecule has 120 valence electrons. The zero-order valence-electron chi connectivity index (χ0n) is 11.4. The predicted molar refractivity (Wildman–Crippen MR) is 83.4 cm³/mol. The van der Waals surface area contributed by atoms with Crippen molar-refractivity contribution in [3.63, 3.8) is 0 Å². The van der Waals surface area contributed by atoms with Crippen LogP contribution in [0.1, 0.15) is 26.3 Å². The summed E-state index contributed by atoms with van der Waals surface area (Å²) in [5, 5.41) is 18.7. The van der Waals surface area contributed by atoms with E-state index in [0.29, 0.717) is 0 Å². The summed E-state index contributed by atoms with van der Waals surface area (Å²) < 4.78 is 13.6. The molecule has 7 nitrogen and oxygen atoms in total. The fourth-order valence-electron chi connectivity index (χ4n) is 2.17. The molecule has 0 aliphatic heterocycles. The molecular formula is C14H10BrFN2O5. The number of rotatable bonds is 4. The molecular weight excluding hydrogens is 375 g/mol. The molecule has 0 saturated carbocycles.